The smallest absolute Gasteiger partial charge is 0.152 e. The van der Waals surface area contributed by atoms with Gasteiger partial charge >= 0.3 is 0 Å². The molecule has 0 fully saturated rings. The number of hydrogen-bond donors (Lipinski definition) is 1. The highest BCUT2D eigenvalue weighted by atomic mass is 16.3. The third-order valence-corrected chi connectivity index (χ3v) is 3.50. The predicted molar refractivity (Wildman–Crippen MR) is 70.6 cm³/mol. The van der Waals surface area contributed by atoms with Crippen molar-refractivity contribution in [1.29, 1.82) is 0 Å². The zero-order valence-electron chi connectivity index (χ0n) is 10.9. The molecule has 3 rings (SSSR count). The van der Waals surface area contributed by atoms with Crippen molar-refractivity contribution in [2.45, 2.75) is 32.5 Å². The van der Waals surface area contributed by atoms with E-state index in [1.165, 1.54) is 0 Å². The molecule has 2 aromatic rings. The molecule has 1 N–H and O–H groups in total. The van der Waals surface area contributed by atoms with Crippen LogP contribution >= 0.6 is 0 Å². The summed E-state index contributed by atoms with van der Waals surface area (Å²) >= 11 is 0. The molecule has 100 valence electrons. The van der Waals surface area contributed by atoms with Crippen molar-refractivity contribution in [2.75, 3.05) is 11.4 Å². The molecule has 3 heterocycles. The first-order chi connectivity index (χ1) is 9.28. The lowest BCUT2D eigenvalue weighted by Crippen LogP contribution is -2.33. The molecular formula is C13H17N5O. The maximum atomic E-state index is 9.74. The second-order valence-corrected chi connectivity index (χ2v) is 4.73. The minimum absolute atomic E-state index is 0.474. The second-order valence-electron chi connectivity index (χ2n) is 4.73. The fourth-order valence-corrected chi connectivity index (χ4v) is 2.28. The molecule has 0 saturated carbocycles. The van der Waals surface area contributed by atoms with Crippen molar-refractivity contribution in [1.82, 2.24) is 19.7 Å². The van der Waals surface area contributed by atoms with Crippen LogP contribution in [0.1, 0.15) is 31.0 Å². The Morgan fingerprint density at radius 3 is 3.00 bits per heavy atom. The summed E-state index contributed by atoms with van der Waals surface area (Å²) in [6, 6.07) is 3.90. The van der Waals surface area contributed by atoms with Crippen molar-refractivity contribution in [3.8, 4) is 0 Å². The highest BCUT2D eigenvalue weighted by Gasteiger charge is 2.18. The van der Waals surface area contributed by atoms with E-state index in [4.69, 9.17) is 0 Å². The number of aliphatic hydroxyl groups is 1. The van der Waals surface area contributed by atoms with Crippen LogP contribution in [0, 0.1) is 0 Å². The Morgan fingerprint density at radius 1 is 1.37 bits per heavy atom. The van der Waals surface area contributed by atoms with Gasteiger partial charge in [0.25, 0.3) is 0 Å². The summed E-state index contributed by atoms with van der Waals surface area (Å²) in [5.74, 6) is 0.976. The summed E-state index contributed by atoms with van der Waals surface area (Å²) in [7, 11) is 0. The number of nitrogens with zero attached hydrogens (tertiary/aromatic N) is 5. The molecule has 19 heavy (non-hydrogen) atoms. The van der Waals surface area contributed by atoms with Crippen molar-refractivity contribution < 1.29 is 5.11 Å². The molecule has 0 saturated heterocycles. The first-order valence-electron chi connectivity index (χ1n) is 6.53. The van der Waals surface area contributed by atoms with Crippen molar-refractivity contribution in [3.05, 3.63) is 36.2 Å². The normalized spacial score (nSPS) is 16.2. The Balaban J connectivity index is 1.77. The molecule has 0 aromatic carbocycles. The number of anilines is 1. The van der Waals surface area contributed by atoms with Gasteiger partial charge < -0.3 is 14.6 Å². The van der Waals surface area contributed by atoms with Gasteiger partial charge in [0.15, 0.2) is 5.82 Å². The van der Waals surface area contributed by atoms with Gasteiger partial charge in [0.05, 0.1) is 30.2 Å². The van der Waals surface area contributed by atoms with E-state index in [2.05, 4.69) is 24.6 Å². The van der Waals surface area contributed by atoms with Crippen LogP contribution in [0.3, 0.4) is 0 Å². The highest BCUT2D eigenvalue weighted by Crippen LogP contribution is 2.21. The largest absolute Gasteiger partial charge is 0.387 e. The third kappa shape index (κ3) is 2.31. The number of aliphatic hydroxyl groups excluding tert-OH is 1. The zero-order chi connectivity index (χ0) is 13.2. The van der Waals surface area contributed by atoms with Crippen LogP contribution in [0.4, 0.5) is 5.69 Å². The summed E-state index contributed by atoms with van der Waals surface area (Å²) in [5, 5.41) is 17.8. The number of fused-ring (bicyclic) bond motifs is 1. The lowest BCUT2D eigenvalue weighted by atomic mass is 10.2. The Bertz CT molecular complexity index is 550. The quantitative estimate of drug-likeness (QED) is 0.895. The molecule has 1 atom stereocenters. The van der Waals surface area contributed by atoms with Gasteiger partial charge in [-0.05, 0) is 18.6 Å². The minimum atomic E-state index is -0.474. The molecule has 1 aliphatic heterocycles. The molecule has 6 heteroatoms. The second kappa shape index (κ2) is 4.97. The summed E-state index contributed by atoms with van der Waals surface area (Å²) in [4.78, 5) is 6.56. The topological polar surface area (TPSA) is 67.1 Å². The van der Waals surface area contributed by atoms with Gasteiger partial charge in [0.1, 0.15) is 6.33 Å². The van der Waals surface area contributed by atoms with Crippen molar-refractivity contribution in [2.24, 2.45) is 0 Å². The number of aromatic nitrogens is 4. The van der Waals surface area contributed by atoms with E-state index in [0.717, 1.165) is 36.8 Å². The molecule has 6 nitrogen and oxygen atoms in total. The van der Waals surface area contributed by atoms with E-state index < -0.39 is 6.10 Å². The molecule has 0 aliphatic carbocycles. The Labute approximate surface area is 111 Å². The number of pyridine rings is 1. The van der Waals surface area contributed by atoms with Crippen LogP contribution in [0.2, 0.25) is 0 Å². The molecule has 0 bridgehead atoms. The van der Waals surface area contributed by atoms with Crippen LogP contribution < -0.4 is 4.90 Å². The van der Waals surface area contributed by atoms with Crippen molar-refractivity contribution in [3.63, 3.8) is 0 Å². The van der Waals surface area contributed by atoms with E-state index >= 15 is 0 Å². The number of rotatable bonds is 3. The molecular weight excluding hydrogens is 242 g/mol. The van der Waals surface area contributed by atoms with Crippen molar-refractivity contribution >= 4 is 5.69 Å². The lowest BCUT2D eigenvalue weighted by molar-refractivity contribution is 0.169. The molecule has 0 unspecified atom stereocenters. The van der Waals surface area contributed by atoms with Crippen LogP contribution in [0.15, 0.2) is 24.7 Å². The summed E-state index contributed by atoms with van der Waals surface area (Å²) < 4.78 is 2.07. The average Bonchev–Trinajstić information content (AvgIpc) is 2.94. The van der Waals surface area contributed by atoms with E-state index in [1.807, 2.05) is 25.3 Å². The molecule has 0 radical (unpaired) electrons. The Kier molecular flexibility index (Phi) is 3.16. The summed E-state index contributed by atoms with van der Waals surface area (Å²) in [5.41, 5.74) is 1.78. The standard InChI is InChI=1S/C13H17N5O/c1-2-12(19)11-4-3-10(7-14-11)17-5-6-18-9-15-16-13(18)8-17/h3-4,7,9,12,19H,2,5-6,8H2,1H3/t12-/m1/s1. The zero-order valence-corrected chi connectivity index (χ0v) is 10.9. The van der Waals surface area contributed by atoms with Crippen LogP contribution in [-0.4, -0.2) is 31.4 Å². The van der Waals surface area contributed by atoms with Gasteiger partial charge in [-0.1, -0.05) is 6.92 Å². The van der Waals surface area contributed by atoms with Gasteiger partial charge in [0.2, 0.25) is 0 Å². The fourth-order valence-electron chi connectivity index (χ4n) is 2.28. The average molecular weight is 259 g/mol. The van der Waals surface area contributed by atoms with E-state index in [1.54, 1.807) is 6.33 Å². The van der Waals surface area contributed by atoms with Gasteiger partial charge in [-0.15, -0.1) is 10.2 Å². The first-order valence-corrected chi connectivity index (χ1v) is 6.53. The van der Waals surface area contributed by atoms with Crippen LogP contribution in [-0.2, 0) is 13.1 Å². The summed E-state index contributed by atoms with van der Waals surface area (Å²) in [6.07, 6.45) is 3.80. The minimum Gasteiger partial charge on any atom is -0.387 e. The van der Waals surface area contributed by atoms with Crippen LogP contribution in [0.25, 0.3) is 0 Å². The Hall–Kier alpha value is -1.95. The van der Waals surface area contributed by atoms with E-state index in [0.29, 0.717) is 6.42 Å². The van der Waals surface area contributed by atoms with Gasteiger partial charge in [-0.3, -0.25) is 4.98 Å². The monoisotopic (exact) mass is 259 g/mol. The van der Waals surface area contributed by atoms with Crippen LogP contribution in [0.5, 0.6) is 0 Å². The van der Waals surface area contributed by atoms with Gasteiger partial charge in [-0.2, -0.15) is 0 Å². The summed E-state index contributed by atoms with van der Waals surface area (Å²) in [6.45, 7) is 4.50. The van der Waals surface area contributed by atoms with Gasteiger partial charge in [0, 0.05) is 13.1 Å². The maximum absolute atomic E-state index is 9.74. The number of hydrogen-bond acceptors (Lipinski definition) is 5. The Morgan fingerprint density at radius 2 is 2.26 bits per heavy atom. The lowest BCUT2D eigenvalue weighted by Gasteiger charge is -2.28. The molecule has 2 aromatic heterocycles. The maximum Gasteiger partial charge on any atom is 0.152 e. The predicted octanol–water partition coefficient (Wildman–Crippen LogP) is 1.14. The van der Waals surface area contributed by atoms with E-state index in [-0.39, 0.29) is 0 Å². The SMILES string of the molecule is CC[C@@H](O)c1ccc(N2CCn3cnnc3C2)cn1. The van der Waals surface area contributed by atoms with Gasteiger partial charge in [-0.25, -0.2) is 0 Å². The fraction of sp³-hybridized carbons (Fsp3) is 0.462. The molecule has 0 spiro atoms. The first kappa shape index (κ1) is 12.1. The molecule has 1 aliphatic rings. The third-order valence-electron chi connectivity index (χ3n) is 3.50. The van der Waals surface area contributed by atoms with E-state index in [9.17, 15) is 5.11 Å². The molecule has 0 amide bonds. The highest BCUT2D eigenvalue weighted by molar-refractivity contribution is 5.45.